The van der Waals surface area contributed by atoms with Gasteiger partial charge in [-0.15, -0.1) is 11.6 Å². The number of halogens is 1. The molecule has 0 bridgehead atoms. The van der Waals surface area contributed by atoms with Gasteiger partial charge < -0.3 is 4.57 Å². The number of rotatable bonds is 3. The van der Waals surface area contributed by atoms with Crippen molar-refractivity contribution in [2.75, 3.05) is 0 Å². The monoisotopic (exact) mass is 300 g/mol. The molecule has 0 radical (unpaired) electrons. The second-order valence-electron chi connectivity index (χ2n) is 5.75. The van der Waals surface area contributed by atoms with Crippen molar-refractivity contribution in [1.82, 2.24) is 19.3 Å². The molecule has 0 spiro atoms. The number of benzene rings is 1. The maximum absolute atomic E-state index is 6.10. The van der Waals surface area contributed by atoms with E-state index < -0.39 is 0 Å². The van der Waals surface area contributed by atoms with E-state index in [0.29, 0.717) is 11.8 Å². The molecule has 1 aliphatic rings. The molecule has 0 aliphatic heterocycles. The average molecular weight is 301 g/mol. The SMILES string of the molecule is Cc1nn(C)c2c1nc(CCl)n2CC1Cc2ccccc21. The lowest BCUT2D eigenvalue weighted by molar-refractivity contribution is 0.501. The maximum Gasteiger partial charge on any atom is 0.158 e. The molecule has 0 saturated heterocycles. The normalized spacial score (nSPS) is 17.0. The molecule has 2 heterocycles. The molecule has 0 N–H and O–H groups in total. The predicted octanol–water partition coefficient (Wildman–Crippen LogP) is 3.16. The highest BCUT2D eigenvalue weighted by Crippen LogP contribution is 2.37. The van der Waals surface area contributed by atoms with Gasteiger partial charge in [0.1, 0.15) is 11.3 Å². The Kier molecular flexibility index (Phi) is 2.82. The minimum absolute atomic E-state index is 0.433. The lowest BCUT2D eigenvalue weighted by atomic mass is 9.77. The van der Waals surface area contributed by atoms with E-state index in [1.165, 1.54) is 11.1 Å². The quantitative estimate of drug-likeness (QED) is 0.697. The standard InChI is InChI=1S/C16H17ClN4/c1-10-15-16(20(2)19-10)21(14(8-17)18-15)9-12-7-11-5-3-4-6-13(11)12/h3-6,12H,7-9H2,1-2H3. The van der Waals surface area contributed by atoms with E-state index in [9.17, 15) is 0 Å². The molecule has 3 aromatic rings. The van der Waals surface area contributed by atoms with E-state index in [1.807, 2.05) is 18.7 Å². The second kappa shape index (κ2) is 4.60. The molecule has 5 heteroatoms. The van der Waals surface area contributed by atoms with Crippen LogP contribution in [0.15, 0.2) is 24.3 Å². The van der Waals surface area contributed by atoms with Gasteiger partial charge in [0.05, 0.1) is 11.6 Å². The largest absolute Gasteiger partial charge is 0.311 e. The lowest BCUT2D eigenvalue weighted by Crippen LogP contribution is -2.23. The van der Waals surface area contributed by atoms with Crippen molar-refractivity contribution in [3.8, 4) is 0 Å². The summed E-state index contributed by atoms with van der Waals surface area (Å²) in [5, 5.41) is 4.47. The molecule has 0 amide bonds. The van der Waals surface area contributed by atoms with E-state index in [4.69, 9.17) is 11.6 Å². The van der Waals surface area contributed by atoms with Gasteiger partial charge in [-0.2, -0.15) is 5.10 Å². The molecule has 0 saturated carbocycles. The third-order valence-corrected chi connectivity index (χ3v) is 4.69. The fourth-order valence-corrected chi connectivity index (χ4v) is 3.62. The molecule has 1 aliphatic carbocycles. The molecular weight excluding hydrogens is 284 g/mol. The molecule has 1 atom stereocenters. The zero-order valence-electron chi connectivity index (χ0n) is 12.2. The summed E-state index contributed by atoms with van der Waals surface area (Å²) in [5.41, 5.74) is 5.94. The summed E-state index contributed by atoms with van der Waals surface area (Å²) in [5.74, 6) is 1.92. The Balaban J connectivity index is 1.77. The average Bonchev–Trinajstić information content (AvgIpc) is 2.95. The van der Waals surface area contributed by atoms with Crippen LogP contribution in [-0.2, 0) is 25.9 Å². The number of imidazole rings is 1. The number of hydrogen-bond donors (Lipinski definition) is 0. The van der Waals surface area contributed by atoms with Gasteiger partial charge in [0, 0.05) is 19.5 Å². The minimum Gasteiger partial charge on any atom is -0.311 e. The van der Waals surface area contributed by atoms with Gasteiger partial charge in [0.2, 0.25) is 0 Å². The molecule has 4 rings (SSSR count). The van der Waals surface area contributed by atoms with E-state index in [1.54, 1.807) is 0 Å². The Labute approximate surface area is 128 Å². The molecule has 0 fully saturated rings. The fraction of sp³-hybridized carbons (Fsp3) is 0.375. The number of hydrogen-bond acceptors (Lipinski definition) is 2. The first kappa shape index (κ1) is 12.9. The van der Waals surface area contributed by atoms with Crippen LogP contribution in [-0.4, -0.2) is 19.3 Å². The number of alkyl halides is 1. The van der Waals surface area contributed by atoms with Crippen molar-refractivity contribution in [3.05, 3.63) is 46.9 Å². The summed E-state index contributed by atoms with van der Waals surface area (Å²) in [4.78, 5) is 4.67. The Hall–Kier alpha value is -1.81. The Morgan fingerprint density at radius 3 is 2.90 bits per heavy atom. The van der Waals surface area contributed by atoms with E-state index >= 15 is 0 Å². The van der Waals surface area contributed by atoms with Gasteiger partial charge in [0.15, 0.2) is 5.65 Å². The van der Waals surface area contributed by atoms with E-state index in [0.717, 1.165) is 35.6 Å². The van der Waals surface area contributed by atoms with Crippen molar-refractivity contribution < 1.29 is 0 Å². The third-order valence-electron chi connectivity index (χ3n) is 4.45. The molecule has 1 unspecified atom stereocenters. The molecule has 21 heavy (non-hydrogen) atoms. The van der Waals surface area contributed by atoms with E-state index in [2.05, 4.69) is 38.9 Å². The molecule has 108 valence electrons. The number of nitrogens with zero attached hydrogens (tertiary/aromatic N) is 4. The van der Waals surface area contributed by atoms with E-state index in [-0.39, 0.29) is 0 Å². The first-order valence-corrected chi connectivity index (χ1v) is 7.75. The zero-order chi connectivity index (χ0) is 14.6. The minimum atomic E-state index is 0.433. The predicted molar refractivity (Wildman–Crippen MR) is 83.7 cm³/mol. The van der Waals surface area contributed by atoms with Crippen molar-refractivity contribution in [3.63, 3.8) is 0 Å². The lowest BCUT2D eigenvalue weighted by Gasteiger charge is -2.30. The highest BCUT2D eigenvalue weighted by molar-refractivity contribution is 6.16. The summed E-state index contributed by atoms with van der Waals surface area (Å²) >= 11 is 6.10. The number of aryl methyl sites for hydroxylation is 2. The highest BCUT2D eigenvalue weighted by atomic mass is 35.5. The summed E-state index contributed by atoms with van der Waals surface area (Å²) < 4.78 is 4.15. The Morgan fingerprint density at radius 2 is 2.14 bits per heavy atom. The van der Waals surface area contributed by atoms with Crippen LogP contribution in [0.3, 0.4) is 0 Å². The molecule has 2 aromatic heterocycles. The topological polar surface area (TPSA) is 35.6 Å². The molecule has 1 aromatic carbocycles. The summed E-state index contributed by atoms with van der Waals surface area (Å²) in [6.07, 6.45) is 1.13. The van der Waals surface area contributed by atoms with Crippen molar-refractivity contribution >= 4 is 22.8 Å². The zero-order valence-corrected chi connectivity index (χ0v) is 12.9. The summed E-state index contributed by atoms with van der Waals surface area (Å²) in [6, 6.07) is 8.67. The fourth-order valence-electron chi connectivity index (χ4n) is 3.42. The van der Waals surface area contributed by atoms with Crippen LogP contribution in [0.5, 0.6) is 0 Å². The third kappa shape index (κ3) is 1.82. The van der Waals surface area contributed by atoms with Gasteiger partial charge in [-0.05, 0) is 24.5 Å². The van der Waals surface area contributed by atoms with Gasteiger partial charge in [-0.3, -0.25) is 4.68 Å². The number of fused-ring (bicyclic) bond motifs is 2. The van der Waals surface area contributed by atoms with Gasteiger partial charge in [0.25, 0.3) is 0 Å². The van der Waals surface area contributed by atoms with Crippen LogP contribution in [0.2, 0.25) is 0 Å². The Bertz CT molecular complexity index is 830. The molecular formula is C16H17ClN4. The van der Waals surface area contributed by atoms with Crippen LogP contribution < -0.4 is 0 Å². The van der Waals surface area contributed by atoms with Crippen molar-refractivity contribution in [1.29, 1.82) is 0 Å². The summed E-state index contributed by atoms with van der Waals surface area (Å²) in [7, 11) is 1.97. The van der Waals surface area contributed by atoms with Crippen LogP contribution in [0.25, 0.3) is 11.2 Å². The first-order valence-electron chi connectivity index (χ1n) is 7.21. The van der Waals surface area contributed by atoms with Crippen LogP contribution in [0.4, 0.5) is 0 Å². The smallest absolute Gasteiger partial charge is 0.158 e. The van der Waals surface area contributed by atoms with Crippen molar-refractivity contribution in [2.24, 2.45) is 7.05 Å². The Morgan fingerprint density at radius 1 is 1.33 bits per heavy atom. The molecule has 4 nitrogen and oxygen atoms in total. The van der Waals surface area contributed by atoms with Crippen molar-refractivity contribution in [2.45, 2.75) is 31.7 Å². The number of aromatic nitrogens is 4. The van der Waals surface area contributed by atoms with Crippen LogP contribution >= 0.6 is 11.6 Å². The maximum atomic E-state index is 6.10. The van der Waals surface area contributed by atoms with Gasteiger partial charge >= 0.3 is 0 Å². The van der Waals surface area contributed by atoms with Gasteiger partial charge in [-0.25, -0.2) is 4.98 Å². The summed E-state index contributed by atoms with van der Waals surface area (Å²) in [6.45, 7) is 2.92. The second-order valence-corrected chi connectivity index (χ2v) is 6.02. The first-order chi connectivity index (χ1) is 10.2. The van der Waals surface area contributed by atoms with Gasteiger partial charge in [-0.1, -0.05) is 24.3 Å². The highest BCUT2D eigenvalue weighted by Gasteiger charge is 2.28. The van der Waals surface area contributed by atoms with Crippen LogP contribution in [0, 0.1) is 6.92 Å². The van der Waals surface area contributed by atoms with Crippen LogP contribution in [0.1, 0.15) is 28.6 Å².